The molecular weight excluding hydrogens is 251 g/mol. The summed E-state index contributed by atoms with van der Waals surface area (Å²) in [6.07, 6.45) is 6.87. The van der Waals surface area contributed by atoms with E-state index in [1.54, 1.807) is 0 Å². The molecule has 0 radical (unpaired) electrons. The molecule has 0 bridgehead atoms. The van der Waals surface area contributed by atoms with E-state index in [0.717, 1.165) is 25.0 Å². The Bertz CT molecular complexity index is 370. The minimum Gasteiger partial charge on any atom is -0.382 e. The first-order chi connectivity index (χ1) is 9.04. The number of rotatable bonds is 8. The van der Waals surface area contributed by atoms with Crippen LogP contribution in [0.5, 0.6) is 0 Å². The summed E-state index contributed by atoms with van der Waals surface area (Å²) < 4.78 is 38.8. The van der Waals surface area contributed by atoms with Crippen LogP contribution < -0.4 is 5.32 Å². The molecule has 0 aromatic heterocycles. The number of benzene rings is 1. The van der Waals surface area contributed by atoms with E-state index >= 15 is 0 Å². The Labute approximate surface area is 113 Å². The van der Waals surface area contributed by atoms with E-state index in [1.165, 1.54) is 25.7 Å². The molecule has 1 N–H and O–H groups in total. The molecule has 0 saturated carbocycles. The fraction of sp³-hybridized carbons (Fsp3) is 0.600. The van der Waals surface area contributed by atoms with Gasteiger partial charge in [-0.2, -0.15) is 0 Å². The second kappa shape index (κ2) is 8.08. The van der Waals surface area contributed by atoms with Gasteiger partial charge in [0.25, 0.3) is 0 Å². The molecule has 1 unspecified atom stereocenters. The first-order valence-electron chi connectivity index (χ1n) is 6.95. The van der Waals surface area contributed by atoms with Crippen molar-refractivity contribution in [2.45, 2.75) is 58.4 Å². The highest BCUT2D eigenvalue weighted by Gasteiger charge is 2.11. The molecule has 0 spiro atoms. The van der Waals surface area contributed by atoms with Gasteiger partial charge in [0.1, 0.15) is 0 Å². The van der Waals surface area contributed by atoms with E-state index in [9.17, 15) is 13.2 Å². The largest absolute Gasteiger partial charge is 0.382 e. The fourth-order valence-electron chi connectivity index (χ4n) is 2.05. The summed E-state index contributed by atoms with van der Waals surface area (Å²) in [5, 5.41) is 2.99. The third-order valence-corrected chi connectivity index (χ3v) is 3.14. The SMILES string of the molecule is CCCCCCCC(C)Nc1cc(F)c(F)c(F)c1. The standard InChI is InChI=1S/C15H22F3N/c1-3-4-5-6-7-8-11(2)19-12-9-13(16)15(18)14(17)10-12/h9-11,19H,3-8H2,1-2H3. The maximum absolute atomic E-state index is 13.0. The molecular formula is C15H22F3N. The average Bonchev–Trinajstić information content (AvgIpc) is 2.35. The summed E-state index contributed by atoms with van der Waals surface area (Å²) in [5.74, 6) is -3.73. The van der Waals surface area contributed by atoms with Gasteiger partial charge in [-0.1, -0.05) is 39.0 Å². The Morgan fingerprint density at radius 3 is 2.16 bits per heavy atom. The third-order valence-electron chi connectivity index (χ3n) is 3.14. The highest BCUT2D eigenvalue weighted by molar-refractivity contribution is 5.44. The van der Waals surface area contributed by atoms with Gasteiger partial charge in [-0.05, 0) is 13.3 Å². The monoisotopic (exact) mass is 273 g/mol. The predicted molar refractivity (Wildman–Crippen MR) is 72.8 cm³/mol. The summed E-state index contributed by atoms with van der Waals surface area (Å²) >= 11 is 0. The molecule has 0 aliphatic heterocycles. The van der Waals surface area contributed by atoms with Crippen molar-refractivity contribution in [1.29, 1.82) is 0 Å². The first-order valence-corrected chi connectivity index (χ1v) is 6.95. The Morgan fingerprint density at radius 1 is 1.00 bits per heavy atom. The normalized spacial score (nSPS) is 12.5. The van der Waals surface area contributed by atoms with E-state index in [0.29, 0.717) is 0 Å². The highest BCUT2D eigenvalue weighted by Crippen LogP contribution is 2.19. The molecule has 0 aliphatic carbocycles. The van der Waals surface area contributed by atoms with Crippen molar-refractivity contribution in [3.63, 3.8) is 0 Å². The zero-order valence-electron chi connectivity index (χ0n) is 11.6. The number of nitrogens with one attached hydrogen (secondary N) is 1. The lowest BCUT2D eigenvalue weighted by Gasteiger charge is -2.15. The van der Waals surface area contributed by atoms with Crippen molar-refractivity contribution in [3.8, 4) is 0 Å². The van der Waals surface area contributed by atoms with Gasteiger partial charge in [-0.3, -0.25) is 0 Å². The van der Waals surface area contributed by atoms with Crippen LogP contribution in [-0.2, 0) is 0 Å². The lowest BCUT2D eigenvalue weighted by molar-refractivity contribution is 0.447. The smallest absolute Gasteiger partial charge is 0.194 e. The summed E-state index contributed by atoms with van der Waals surface area (Å²) in [4.78, 5) is 0. The number of hydrogen-bond acceptors (Lipinski definition) is 1. The van der Waals surface area contributed by atoms with Crippen LogP contribution in [0.2, 0.25) is 0 Å². The van der Waals surface area contributed by atoms with Crippen LogP contribution in [0.4, 0.5) is 18.9 Å². The molecule has 0 saturated heterocycles. The Morgan fingerprint density at radius 2 is 1.58 bits per heavy atom. The fourth-order valence-corrected chi connectivity index (χ4v) is 2.05. The molecule has 1 atom stereocenters. The van der Waals surface area contributed by atoms with Crippen LogP contribution in [0.3, 0.4) is 0 Å². The Hall–Kier alpha value is -1.19. The van der Waals surface area contributed by atoms with Crippen molar-refractivity contribution >= 4 is 5.69 Å². The van der Waals surface area contributed by atoms with E-state index in [4.69, 9.17) is 0 Å². The van der Waals surface area contributed by atoms with E-state index in [1.807, 2.05) is 6.92 Å². The van der Waals surface area contributed by atoms with Crippen molar-refractivity contribution < 1.29 is 13.2 Å². The van der Waals surface area contributed by atoms with E-state index < -0.39 is 17.5 Å². The minimum absolute atomic E-state index is 0.117. The summed E-state index contributed by atoms with van der Waals surface area (Å²) in [6.45, 7) is 4.13. The molecule has 1 aromatic rings. The van der Waals surface area contributed by atoms with Gasteiger partial charge < -0.3 is 5.32 Å². The molecule has 0 heterocycles. The zero-order chi connectivity index (χ0) is 14.3. The first kappa shape index (κ1) is 15.9. The van der Waals surface area contributed by atoms with Crippen LogP contribution >= 0.6 is 0 Å². The number of unbranched alkanes of at least 4 members (excludes halogenated alkanes) is 4. The average molecular weight is 273 g/mol. The molecule has 108 valence electrons. The highest BCUT2D eigenvalue weighted by atomic mass is 19.2. The summed E-state index contributed by atoms with van der Waals surface area (Å²) in [5.41, 5.74) is 0.289. The second-order valence-electron chi connectivity index (χ2n) is 5.00. The maximum Gasteiger partial charge on any atom is 0.194 e. The van der Waals surface area contributed by atoms with Crippen molar-refractivity contribution in [1.82, 2.24) is 0 Å². The van der Waals surface area contributed by atoms with Gasteiger partial charge >= 0.3 is 0 Å². The van der Waals surface area contributed by atoms with Gasteiger partial charge in [0, 0.05) is 23.9 Å². The van der Waals surface area contributed by atoms with Crippen molar-refractivity contribution in [2.24, 2.45) is 0 Å². The predicted octanol–water partition coefficient (Wildman–Crippen LogP) is 5.26. The molecule has 4 heteroatoms. The molecule has 0 aliphatic rings. The second-order valence-corrected chi connectivity index (χ2v) is 5.00. The molecule has 0 amide bonds. The van der Waals surface area contributed by atoms with Crippen molar-refractivity contribution in [3.05, 3.63) is 29.6 Å². The molecule has 19 heavy (non-hydrogen) atoms. The number of anilines is 1. The number of halogens is 3. The molecule has 1 rings (SSSR count). The van der Waals surface area contributed by atoms with Crippen LogP contribution in [-0.4, -0.2) is 6.04 Å². The van der Waals surface area contributed by atoms with Crippen LogP contribution in [0, 0.1) is 17.5 Å². The lowest BCUT2D eigenvalue weighted by Crippen LogP contribution is -2.15. The lowest BCUT2D eigenvalue weighted by atomic mass is 10.1. The Balaban J connectivity index is 2.38. The third kappa shape index (κ3) is 5.53. The van der Waals surface area contributed by atoms with Gasteiger partial charge in [0.15, 0.2) is 17.5 Å². The minimum atomic E-state index is -1.42. The van der Waals surface area contributed by atoms with Gasteiger partial charge in [0.2, 0.25) is 0 Å². The molecule has 0 fully saturated rings. The molecule has 1 nitrogen and oxygen atoms in total. The Kier molecular flexibility index (Phi) is 6.74. The zero-order valence-corrected chi connectivity index (χ0v) is 11.6. The van der Waals surface area contributed by atoms with Crippen LogP contribution in [0.25, 0.3) is 0 Å². The van der Waals surface area contributed by atoms with Crippen LogP contribution in [0.15, 0.2) is 12.1 Å². The molecule has 1 aromatic carbocycles. The topological polar surface area (TPSA) is 12.0 Å². The summed E-state index contributed by atoms with van der Waals surface area (Å²) in [6, 6.07) is 2.10. The number of hydrogen-bond donors (Lipinski definition) is 1. The van der Waals surface area contributed by atoms with Gasteiger partial charge in [0.05, 0.1) is 0 Å². The quantitative estimate of drug-likeness (QED) is 0.503. The van der Waals surface area contributed by atoms with Gasteiger partial charge in [-0.15, -0.1) is 0 Å². The van der Waals surface area contributed by atoms with Crippen molar-refractivity contribution in [2.75, 3.05) is 5.32 Å². The summed E-state index contributed by atoms with van der Waals surface area (Å²) in [7, 11) is 0. The van der Waals surface area contributed by atoms with Crippen LogP contribution in [0.1, 0.15) is 52.4 Å². The van der Waals surface area contributed by atoms with E-state index in [-0.39, 0.29) is 11.7 Å². The van der Waals surface area contributed by atoms with Gasteiger partial charge in [-0.25, -0.2) is 13.2 Å². The van der Waals surface area contributed by atoms with E-state index in [2.05, 4.69) is 12.2 Å². The maximum atomic E-state index is 13.0.